The van der Waals surface area contributed by atoms with E-state index in [1.54, 1.807) is 17.0 Å². The lowest BCUT2D eigenvalue weighted by Gasteiger charge is -2.47. The van der Waals surface area contributed by atoms with Gasteiger partial charge in [0.1, 0.15) is 18.3 Å². The molecular formula is C27H34ClFN4O2. The third-order valence-corrected chi connectivity index (χ3v) is 7.29. The fourth-order valence-corrected chi connectivity index (χ4v) is 5.40. The summed E-state index contributed by atoms with van der Waals surface area (Å²) in [5.74, 6) is -0.732. The lowest BCUT2D eigenvalue weighted by molar-refractivity contribution is -0.109. The van der Waals surface area contributed by atoms with Crippen LogP contribution in [0.15, 0.2) is 36.4 Å². The van der Waals surface area contributed by atoms with Crippen molar-refractivity contribution in [1.82, 2.24) is 9.80 Å². The van der Waals surface area contributed by atoms with Crippen LogP contribution in [0.25, 0.3) is 0 Å². The Bertz CT molecular complexity index is 1090. The first-order valence-corrected chi connectivity index (χ1v) is 12.7. The van der Waals surface area contributed by atoms with Crippen molar-refractivity contribution in [2.24, 2.45) is 0 Å². The molecule has 0 radical (unpaired) electrons. The summed E-state index contributed by atoms with van der Waals surface area (Å²) in [6.45, 7) is 12.3. The van der Waals surface area contributed by atoms with Gasteiger partial charge in [-0.3, -0.25) is 9.69 Å². The van der Waals surface area contributed by atoms with E-state index in [4.69, 9.17) is 11.6 Å². The zero-order valence-corrected chi connectivity index (χ0v) is 21.6. The van der Waals surface area contributed by atoms with Gasteiger partial charge in [0.25, 0.3) is 5.91 Å². The van der Waals surface area contributed by atoms with E-state index in [0.29, 0.717) is 17.2 Å². The van der Waals surface area contributed by atoms with Crippen molar-refractivity contribution in [2.45, 2.75) is 52.4 Å². The lowest BCUT2D eigenvalue weighted by atomic mass is 9.98. The molecule has 2 aromatic carbocycles. The first kappa shape index (κ1) is 25.5. The summed E-state index contributed by atoms with van der Waals surface area (Å²) in [6.07, 6.45) is 1.23. The zero-order valence-electron chi connectivity index (χ0n) is 20.9. The first-order valence-electron chi connectivity index (χ1n) is 12.3. The Morgan fingerprint density at radius 1 is 1.03 bits per heavy atom. The molecule has 1 amide bonds. The van der Waals surface area contributed by atoms with Crippen molar-refractivity contribution in [3.63, 3.8) is 0 Å². The fraction of sp³-hybridized carbons (Fsp3) is 0.481. The number of amides is 1. The monoisotopic (exact) mass is 500 g/mol. The smallest absolute Gasteiger partial charge is 0.258 e. The van der Waals surface area contributed by atoms with Crippen molar-refractivity contribution < 1.29 is 14.0 Å². The minimum Gasteiger partial charge on any atom is -0.370 e. The largest absolute Gasteiger partial charge is 0.370 e. The average molecular weight is 501 g/mol. The van der Waals surface area contributed by atoms with E-state index < -0.39 is 12.0 Å². The van der Waals surface area contributed by atoms with Crippen LogP contribution in [0.3, 0.4) is 0 Å². The highest BCUT2D eigenvalue weighted by molar-refractivity contribution is 6.30. The van der Waals surface area contributed by atoms with Crippen LogP contribution in [0, 0.1) is 5.82 Å². The van der Waals surface area contributed by atoms with E-state index in [1.165, 1.54) is 6.07 Å². The van der Waals surface area contributed by atoms with E-state index in [-0.39, 0.29) is 23.5 Å². The number of fused-ring (bicyclic) bond motifs is 1. The van der Waals surface area contributed by atoms with Crippen LogP contribution in [0.1, 0.15) is 56.2 Å². The number of anilines is 2. The molecule has 8 heteroatoms. The van der Waals surface area contributed by atoms with Gasteiger partial charge in [-0.15, -0.1) is 0 Å². The van der Waals surface area contributed by atoms with Crippen molar-refractivity contribution in [1.29, 1.82) is 0 Å². The topological polar surface area (TPSA) is 47.1 Å². The molecular weight excluding hydrogens is 467 g/mol. The highest BCUT2D eigenvalue weighted by Crippen LogP contribution is 2.42. The van der Waals surface area contributed by atoms with Gasteiger partial charge in [0.05, 0.1) is 22.8 Å². The number of rotatable bonds is 6. The molecule has 0 spiro atoms. The van der Waals surface area contributed by atoms with Gasteiger partial charge >= 0.3 is 0 Å². The average Bonchev–Trinajstić information content (AvgIpc) is 3.09. The standard InChI is InChI=1S/C27H34ClFN4O2/c1-18(2)30-10-5-11-31(13-12-30)21-7-9-25-22(17-21)27(35)32(14-15-34)26(33(25)19(3)4)20-6-8-24(29)23(28)16-20/h6-9,15-19,26H,5,10-14H2,1-4H3. The van der Waals surface area contributed by atoms with Gasteiger partial charge < -0.3 is 19.5 Å². The number of nitrogens with zero attached hydrogens (tertiary/aromatic N) is 4. The number of halogens is 2. The summed E-state index contributed by atoms with van der Waals surface area (Å²) in [7, 11) is 0. The molecule has 2 aliphatic heterocycles. The fourth-order valence-electron chi connectivity index (χ4n) is 5.21. The second-order valence-electron chi connectivity index (χ2n) is 9.84. The molecule has 0 bridgehead atoms. The van der Waals surface area contributed by atoms with Crippen molar-refractivity contribution >= 4 is 35.2 Å². The maximum Gasteiger partial charge on any atom is 0.258 e. The quantitative estimate of drug-likeness (QED) is 0.524. The van der Waals surface area contributed by atoms with Gasteiger partial charge in [0.15, 0.2) is 0 Å². The molecule has 4 rings (SSSR count). The second kappa shape index (κ2) is 10.5. The number of benzene rings is 2. The van der Waals surface area contributed by atoms with E-state index in [2.05, 4.69) is 34.6 Å². The van der Waals surface area contributed by atoms with Crippen LogP contribution in [0.5, 0.6) is 0 Å². The molecule has 0 saturated carbocycles. The molecule has 2 aromatic rings. The normalized spacial score (nSPS) is 19.4. The molecule has 1 atom stereocenters. The van der Waals surface area contributed by atoms with Gasteiger partial charge in [-0.25, -0.2) is 4.39 Å². The number of hydrogen-bond donors (Lipinski definition) is 0. The summed E-state index contributed by atoms with van der Waals surface area (Å²) < 4.78 is 13.9. The van der Waals surface area contributed by atoms with E-state index in [9.17, 15) is 14.0 Å². The number of carbonyl (C=O) groups excluding carboxylic acids is 2. The summed E-state index contributed by atoms with van der Waals surface area (Å²) in [5.41, 5.74) is 3.06. The molecule has 35 heavy (non-hydrogen) atoms. The van der Waals surface area contributed by atoms with Gasteiger partial charge in [-0.1, -0.05) is 17.7 Å². The van der Waals surface area contributed by atoms with Gasteiger partial charge in [-0.2, -0.15) is 0 Å². The maximum atomic E-state index is 13.9. The Labute approximate surface area is 212 Å². The minimum absolute atomic E-state index is 0.00784. The van der Waals surface area contributed by atoms with E-state index in [0.717, 1.165) is 50.3 Å². The van der Waals surface area contributed by atoms with Crippen molar-refractivity contribution in [2.75, 3.05) is 42.5 Å². The molecule has 6 nitrogen and oxygen atoms in total. The highest BCUT2D eigenvalue weighted by atomic mass is 35.5. The van der Waals surface area contributed by atoms with Crippen LogP contribution in [0.4, 0.5) is 15.8 Å². The first-order chi connectivity index (χ1) is 16.7. The molecule has 1 saturated heterocycles. The van der Waals surface area contributed by atoms with Crippen molar-refractivity contribution in [3.8, 4) is 0 Å². The molecule has 188 valence electrons. The van der Waals surface area contributed by atoms with Gasteiger partial charge in [-0.05, 0) is 70.0 Å². The summed E-state index contributed by atoms with van der Waals surface area (Å²) in [5, 5.41) is -0.0116. The lowest BCUT2D eigenvalue weighted by Crippen LogP contribution is -2.52. The number of aldehydes is 1. The molecule has 2 aliphatic rings. The molecule has 1 unspecified atom stereocenters. The Balaban J connectivity index is 1.75. The number of carbonyl (C=O) groups is 2. The maximum absolute atomic E-state index is 13.9. The van der Waals surface area contributed by atoms with Crippen LogP contribution in [0.2, 0.25) is 5.02 Å². The Morgan fingerprint density at radius 3 is 2.46 bits per heavy atom. The van der Waals surface area contributed by atoms with E-state index >= 15 is 0 Å². The van der Waals surface area contributed by atoms with Crippen LogP contribution in [-0.4, -0.2) is 66.8 Å². The predicted molar refractivity (Wildman–Crippen MR) is 139 cm³/mol. The minimum atomic E-state index is -0.568. The molecule has 0 aliphatic carbocycles. The summed E-state index contributed by atoms with van der Waals surface area (Å²) in [6, 6.07) is 11.0. The van der Waals surface area contributed by atoms with Crippen LogP contribution in [-0.2, 0) is 4.79 Å². The van der Waals surface area contributed by atoms with Crippen molar-refractivity contribution in [3.05, 3.63) is 58.4 Å². The Kier molecular flexibility index (Phi) is 7.67. The van der Waals surface area contributed by atoms with E-state index in [1.807, 2.05) is 26.0 Å². The predicted octanol–water partition coefficient (Wildman–Crippen LogP) is 4.97. The SMILES string of the molecule is CC(C)N1CCCN(c2ccc3c(c2)C(=O)N(CC=O)C(c2ccc(F)c(Cl)c2)N3C(C)C)CC1. The molecule has 2 heterocycles. The molecule has 0 aromatic heterocycles. The second-order valence-corrected chi connectivity index (χ2v) is 10.3. The third-order valence-electron chi connectivity index (χ3n) is 7.00. The zero-order chi connectivity index (χ0) is 25.3. The number of hydrogen-bond acceptors (Lipinski definition) is 5. The van der Waals surface area contributed by atoms with Crippen LogP contribution >= 0.6 is 11.6 Å². The van der Waals surface area contributed by atoms with Gasteiger partial charge in [0, 0.05) is 44.0 Å². The van der Waals surface area contributed by atoms with Crippen LogP contribution < -0.4 is 9.80 Å². The highest BCUT2D eigenvalue weighted by Gasteiger charge is 2.40. The summed E-state index contributed by atoms with van der Waals surface area (Å²) in [4.78, 5) is 33.9. The van der Waals surface area contributed by atoms with Gasteiger partial charge in [0.2, 0.25) is 0 Å². The molecule has 1 fully saturated rings. The Hall–Kier alpha value is -2.64. The molecule has 0 N–H and O–H groups in total. The third kappa shape index (κ3) is 5.02. The summed E-state index contributed by atoms with van der Waals surface area (Å²) >= 11 is 6.10. The Morgan fingerprint density at radius 2 is 1.80 bits per heavy atom.